The molecule has 1 saturated carbocycles. The van der Waals surface area contributed by atoms with Gasteiger partial charge in [-0.2, -0.15) is 0 Å². The number of hydrogen-bond acceptors (Lipinski definition) is 5. The smallest absolute Gasteiger partial charge is 0.214 e. The lowest BCUT2D eigenvalue weighted by Crippen LogP contribution is -2.14. The molecule has 130 valence electrons. The zero-order valence-corrected chi connectivity index (χ0v) is 14.5. The van der Waals surface area contributed by atoms with E-state index in [0.29, 0.717) is 16.8 Å². The predicted octanol–water partition coefficient (Wildman–Crippen LogP) is 2.94. The Morgan fingerprint density at radius 2 is 1.96 bits per heavy atom. The van der Waals surface area contributed by atoms with E-state index in [4.69, 9.17) is 4.74 Å². The molecule has 6 heteroatoms. The van der Waals surface area contributed by atoms with Gasteiger partial charge in [-0.15, -0.1) is 0 Å². The Balaban J connectivity index is 1.73. The van der Waals surface area contributed by atoms with Crippen molar-refractivity contribution in [1.82, 2.24) is 4.98 Å². The topological polar surface area (TPSA) is 73.3 Å². The van der Waals surface area contributed by atoms with E-state index < -0.39 is 15.8 Å². The summed E-state index contributed by atoms with van der Waals surface area (Å²) in [6.07, 6.45) is 7.78. The van der Waals surface area contributed by atoms with E-state index in [0.717, 1.165) is 18.2 Å². The highest BCUT2D eigenvalue weighted by molar-refractivity contribution is 7.94. The van der Waals surface area contributed by atoms with Crippen LogP contribution in [0, 0.1) is 0 Å². The van der Waals surface area contributed by atoms with Gasteiger partial charge in [-0.3, -0.25) is 4.79 Å². The third-order valence-electron chi connectivity index (χ3n) is 4.89. The molecule has 0 spiro atoms. The van der Waals surface area contributed by atoms with Gasteiger partial charge in [-0.1, -0.05) is 24.3 Å². The van der Waals surface area contributed by atoms with Crippen LogP contribution in [0.25, 0.3) is 10.8 Å². The molecule has 2 heterocycles. The van der Waals surface area contributed by atoms with Crippen molar-refractivity contribution in [3.8, 4) is 5.88 Å². The van der Waals surface area contributed by atoms with E-state index in [2.05, 4.69) is 4.98 Å². The molecule has 1 fully saturated rings. The third-order valence-corrected chi connectivity index (χ3v) is 6.28. The van der Waals surface area contributed by atoms with Crippen molar-refractivity contribution >= 4 is 20.6 Å². The molecular weight excluding hydrogens is 338 g/mol. The Morgan fingerprint density at radius 3 is 2.68 bits per heavy atom. The molecule has 2 aliphatic rings. The monoisotopic (exact) mass is 357 g/mol. The minimum atomic E-state index is -3.21. The second kappa shape index (κ2) is 6.26. The van der Waals surface area contributed by atoms with Gasteiger partial charge in [0.25, 0.3) is 0 Å². The van der Waals surface area contributed by atoms with Gasteiger partial charge in [-0.05, 0) is 31.1 Å². The standard InChI is InChI=1S/C19H19NO4S/c21-19-16(14-8-9-25(22,23)12-14)7-3-4-13-10-18(20-11-17(13)19)24-15-5-1-2-6-15/h3-4,7-11,14-15H,1-2,5-6,12H2. The molecule has 0 bridgehead atoms. The Hall–Kier alpha value is -2.21. The van der Waals surface area contributed by atoms with Crippen LogP contribution in [0.2, 0.25) is 0 Å². The Kier molecular flexibility index (Phi) is 4.07. The minimum Gasteiger partial charge on any atom is -0.474 e. The summed E-state index contributed by atoms with van der Waals surface area (Å²) in [7, 11) is -3.21. The van der Waals surface area contributed by atoms with Gasteiger partial charge >= 0.3 is 0 Å². The number of ether oxygens (including phenoxy) is 1. The maximum absolute atomic E-state index is 12.9. The zero-order valence-electron chi connectivity index (χ0n) is 13.7. The molecule has 0 amide bonds. The fourth-order valence-electron chi connectivity index (χ4n) is 3.57. The molecule has 0 radical (unpaired) electrons. The Morgan fingerprint density at radius 1 is 1.16 bits per heavy atom. The molecule has 1 atom stereocenters. The van der Waals surface area contributed by atoms with Crippen LogP contribution in [0.5, 0.6) is 5.88 Å². The fraction of sp³-hybridized carbons (Fsp3) is 0.368. The van der Waals surface area contributed by atoms with E-state index >= 15 is 0 Å². The first-order chi connectivity index (χ1) is 12.0. The quantitative estimate of drug-likeness (QED) is 0.844. The van der Waals surface area contributed by atoms with Gasteiger partial charge in [0, 0.05) is 34.5 Å². The lowest BCUT2D eigenvalue weighted by Gasteiger charge is -2.11. The third kappa shape index (κ3) is 3.31. The van der Waals surface area contributed by atoms with Crippen molar-refractivity contribution in [3.63, 3.8) is 0 Å². The van der Waals surface area contributed by atoms with Gasteiger partial charge in [-0.25, -0.2) is 13.4 Å². The van der Waals surface area contributed by atoms with Gasteiger partial charge in [0.2, 0.25) is 5.88 Å². The van der Waals surface area contributed by atoms with Gasteiger partial charge in [0.05, 0.1) is 5.75 Å². The molecule has 1 aliphatic carbocycles. The number of pyridine rings is 1. The average molecular weight is 357 g/mol. The highest BCUT2D eigenvalue weighted by atomic mass is 32.2. The lowest BCUT2D eigenvalue weighted by molar-refractivity contribution is 0.202. The van der Waals surface area contributed by atoms with Crippen molar-refractivity contribution in [1.29, 1.82) is 0 Å². The summed E-state index contributed by atoms with van der Waals surface area (Å²) in [5.74, 6) is 0.0849. The van der Waals surface area contributed by atoms with Crippen molar-refractivity contribution in [2.45, 2.75) is 37.7 Å². The van der Waals surface area contributed by atoms with Crippen molar-refractivity contribution in [2.24, 2.45) is 0 Å². The summed E-state index contributed by atoms with van der Waals surface area (Å²) in [4.78, 5) is 17.2. The number of rotatable bonds is 3. The summed E-state index contributed by atoms with van der Waals surface area (Å²) in [6, 6.07) is 7.13. The van der Waals surface area contributed by atoms with Crippen LogP contribution in [-0.2, 0) is 9.84 Å². The first-order valence-corrected chi connectivity index (χ1v) is 10.2. The van der Waals surface area contributed by atoms with E-state index in [9.17, 15) is 13.2 Å². The molecule has 1 unspecified atom stereocenters. The second-order valence-corrected chi connectivity index (χ2v) is 8.64. The Bertz CT molecular complexity index is 1010. The molecule has 1 aliphatic heterocycles. The van der Waals surface area contributed by atoms with Gasteiger partial charge in [0.1, 0.15) is 6.10 Å². The van der Waals surface area contributed by atoms with Crippen molar-refractivity contribution < 1.29 is 13.2 Å². The minimum absolute atomic E-state index is 0.0515. The summed E-state index contributed by atoms with van der Waals surface area (Å²) < 4.78 is 29.2. The number of fused-ring (bicyclic) bond motifs is 1. The highest BCUT2D eigenvalue weighted by Crippen LogP contribution is 2.26. The Labute approximate surface area is 146 Å². The van der Waals surface area contributed by atoms with Gasteiger partial charge < -0.3 is 4.74 Å². The maximum atomic E-state index is 12.9. The number of aromatic nitrogens is 1. The van der Waals surface area contributed by atoms with Crippen molar-refractivity contribution in [2.75, 3.05) is 5.75 Å². The van der Waals surface area contributed by atoms with E-state index in [1.54, 1.807) is 30.5 Å². The van der Waals surface area contributed by atoms with E-state index in [1.807, 2.05) is 6.07 Å². The van der Waals surface area contributed by atoms with Crippen LogP contribution in [0.4, 0.5) is 0 Å². The first kappa shape index (κ1) is 16.3. The summed E-state index contributed by atoms with van der Waals surface area (Å²) in [5, 5.41) is 2.43. The van der Waals surface area contributed by atoms with Crippen LogP contribution in [0.1, 0.15) is 37.2 Å². The number of sulfone groups is 1. The van der Waals surface area contributed by atoms with Crippen LogP contribution >= 0.6 is 0 Å². The highest BCUT2D eigenvalue weighted by Gasteiger charge is 2.25. The van der Waals surface area contributed by atoms with Crippen LogP contribution in [-0.4, -0.2) is 25.3 Å². The van der Waals surface area contributed by atoms with Gasteiger partial charge in [0.15, 0.2) is 15.3 Å². The number of allylic oxidation sites excluding steroid dienone is 1. The van der Waals surface area contributed by atoms with Crippen LogP contribution in [0.15, 0.2) is 46.7 Å². The van der Waals surface area contributed by atoms with Crippen LogP contribution < -0.4 is 10.2 Å². The molecular formula is C19H19NO4S. The number of nitrogens with zero attached hydrogens (tertiary/aromatic N) is 1. The SMILES string of the molecule is O=c1c(C2C=CS(=O)(=O)C2)cccc2cc(OC3CCCC3)ncc12. The summed E-state index contributed by atoms with van der Waals surface area (Å²) in [6.45, 7) is 0. The second-order valence-electron chi connectivity index (χ2n) is 6.71. The number of hydrogen-bond donors (Lipinski definition) is 0. The first-order valence-electron chi connectivity index (χ1n) is 8.52. The van der Waals surface area contributed by atoms with E-state index in [1.165, 1.54) is 18.2 Å². The molecule has 0 saturated heterocycles. The molecule has 5 nitrogen and oxygen atoms in total. The molecule has 4 rings (SSSR count). The molecule has 25 heavy (non-hydrogen) atoms. The largest absolute Gasteiger partial charge is 0.474 e. The molecule has 1 aromatic carbocycles. The average Bonchev–Trinajstić information content (AvgIpc) is 3.17. The maximum Gasteiger partial charge on any atom is 0.214 e. The molecule has 0 N–H and O–H groups in total. The van der Waals surface area contributed by atoms with E-state index in [-0.39, 0.29) is 17.3 Å². The fourth-order valence-corrected chi connectivity index (χ4v) is 4.90. The predicted molar refractivity (Wildman–Crippen MR) is 96.6 cm³/mol. The van der Waals surface area contributed by atoms with Crippen LogP contribution in [0.3, 0.4) is 0 Å². The normalized spacial score (nSPS) is 22.5. The summed E-state index contributed by atoms with van der Waals surface area (Å²) in [5.41, 5.74) is 0.310. The summed E-state index contributed by atoms with van der Waals surface area (Å²) >= 11 is 0. The lowest BCUT2D eigenvalue weighted by atomic mass is 10.0. The zero-order chi connectivity index (χ0) is 17.4. The molecule has 1 aromatic heterocycles. The molecule has 2 aromatic rings. The van der Waals surface area contributed by atoms with Crippen molar-refractivity contribution in [3.05, 3.63) is 57.7 Å².